The second-order valence-electron chi connectivity index (χ2n) is 6.25. The molecule has 0 N–H and O–H groups in total. The lowest BCUT2D eigenvalue weighted by atomic mass is 10.1. The van der Waals surface area contributed by atoms with E-state index in [2.05, 4.69) is 15.9 Å². The Bertz CT molecular complexity index is 1260. The van der Waals surface area contributed by atoms with E-state index in [1.54, 1.807) is 67.8 Å². The van der Waals surface area contributed by atoms with Crippen LogP contribution in [-0.2, 0) is 0 Å². The van der Waals surface area contributed by atoms with Gasteiger partial charge in [0.1, 0.15) is 17.1 Å². The molecule has 0 amide bonds. The largest absolute Gasteiger partial charge is 0.497 e. The van der Waals surface area contributed by atoms with Gasteiger partial charge in [-0.1, -0.05) is 24.3 Å². The molecule has 0 aliphatic carbocycles. The lowest BCUT2D eigenvalue weighted by molar-refractivity contribution is 0.0734. The van der Waals surface area contributed by atoms with Crippen LogP contribution in [0.5, 0.6) is 11.5 Å². The van der Waals surface area contributed by atoms with Gasteiger partial charge in [-0.15, -0.1) is 0 Å². The number of methoxy groups -OCH3 is 1. The molecule has 0 aliphatic rings. The van der Waals surface area contributed by atoms with E-state index in [1.807, 2.05) is 6.07 Å². The Hall–Kier alpha value is -3.38. The monoisotopic (exact) mass is 450 g/mol. The van der Waals surface area contributed by atoms with Gasteiger partial charge in [-0.05, 0) is 64.0 Å². The van der Waals surface area contributed by atoms with Crippen LogP contribution >= 0.6 is 15.9 Å². The zero-order chi connectivity index (χ0) is 20.4. The average molecular weight is 451 g/mol. The third-order valence-corrected chi connectivity index (χ3v) is 5.10. The molecule has 5 nitrogen and oxygen atoms in total. The molecule has 0 radical (unpaired) electrons. The van der Waals surface area contributed by atoms with Gasteiger partial charge >= 0.3 is 11.6 Å². The van der Waals surface area contributed by atoms with Crippen molar-refractivity contribution >= 4 is 32.9 Å². The molecule has 4 rings (SSSR count). The summed E-state index contributed by atoms with van der Waals surface area (Å²) in [6.07, 6.45) is 0. The molecule has 4 aromatic rings. The summed E-state index contributed by atoms with van der Waals surface area (Å²) in [7, 11) is 1.58. The first kappa shape index (κ1) is 19.0. The number of benzene rings is 3. The molecular formula is C23H15BrO5. The Morgan fingerprint density at radius 1 is 0.931 bits per heavy atom. The number of fused-ring (bicyclic) bond motifs is 1. The molecule has 0 aliphatic heterocycles. The van der Waals surface area contributed by atoms with Gasteiger partial charge in [0, 0.05) is 15.9 Å². The van der Waals surface area contributed by atoms with Crippen molar-refractivity contribution in [1.82, 2.24) is 0 Å². The second-order valence-corrected chi connectivity index (χ2v) is 7.10. The molecule has 0 spiro atoms. The number of hydrogen-bond acceptors (Lipinski definition) is 5. The van der Waals surface area contributed by atoms with Crippen molar-refractivity contribution in [2.45, 2.75) is 0 Å². The molecule has 0 unspecified atom stereocenters. The lowest BCUT2D eigenvalue weighted by Crippen LogP contribution is -2.09. The standard InChI is InChI=1S/C23H15BrO5/c1-27-16-9-6-14(7-10-16)19-12-15-8-11-17(13-21(15)29-23(19)26)28-22(25)18-4-2-3-5-20(18)24/h2-13H,1H3. The van der Waals surface area contributed by atoms with Gasteiger partial charge in [0.15, 0.2) is 0 Å². The highest BCUT2D eigenvalue weighted by Crippen LogP contribution is 2.26. The van der Waals surface area contributed by atoms with Crippen LogP contribution in [0.2, 0.25) is 0 Å². The molecule has 0 saturated carbocycles. The van der Waals surface area contributed by atoms with Crippen LogP contribution in [0.1, 0.15) is 10.4 Å². The summed E-state index contributed by atoms with van der Waals surface area (Å²) < 4.78 is 16.7. The van der Waals surface area contributed by atoms with E-state index >= 15 is 0 Å². The van der Waals surface area contributed by atoms with Crippen molar-refractivity contribution in [2.75, 3.05) is 7.11 Å². The van der Waals surface area contributed by atoms with Gasteiger partial charge in [-0.2, -0.15) is 0 Å². The van der Waals surface area contributed by atoms with Crippen molar-refractivity contribution in [1.29, 1.82) is 0 Å². The number of hydrogen-bond donors (Lipinski definition) is 0. The van der Waals surface area contributed by atoms with E-state index < -0.39 is 11.6 Å². The summed E-state index contributed by atoms with van der Waals surface area (Å²) in [6.45, 7) is 0. The summed E-state index contributed by atoms with van der Waals surface area (Å²) in [6, 6.07) is 20.8. The fraction of sp³-hybridized carbons (Fsp3) is 0.0435. The Labute approximate surface area is 174 Å². The van der Waals surface area contributed by atoms with Gasteiger partial charge < -0.3 is 13.9 Å². The van der Waals surface area contributed by atoms with Crippen molar-refractivity contribution < 1.29 is 18.7 Å². The smallest absolute Gasteiger partial charge is 0.344 e. The van der Waals surface area contributed by atoms with E-state index in [4.69, 9.17) is 13.9 Å². The van der Waals surface area contributed by atoms with E-state index in [0.29, 0.717) is 32.7 Å². The van der Waals surface area contributed by atoms with Crippen molar-refractivity contribution in [3.8, 4) is 22.6 Å². The SMILES string of the molecule is COc1ccc(-c2cc3ccc(OC(=O)c4ccccc4Br)cc3oc2=O)cc1. The number of ether oxygens (including phenoxy) is 2. The molecule has 1 heterocycles. The van der Waals surface area contributed by atoms with E-state index in [1.165, 1.54) is 6.07 Å². The predicted molar refractivity (Wildman–Crippen MR) is 114 cm³/mol. The van der Waals surface area contributed by atoms with Crippen molar-refractivity contribution in [3.63, 3.8) is 0 Å². The van der Waals surface area contributed by atoms with Crippen LogP contribution in [0.15, 0.2) is 86.5 Å². The molecule has 6 heteroatoms. The summed E-state index contributed by atoms with van der Waals surface area (Å²) in [5.74, 6) is 0.489. The summed E-state index contributed by atoms with van der Waals surface area (Å²) in [4.78, 5) is 24.9. The van der Waals surface area contributed by atoms with Gasteiger partial charge in [-0.25, -0.2) is 9.59 Å². The first-order valence-electron chi connectivity index (χ1n) is 8.74. The number of carbonyl (C=O) groups excluding carboxylic acids is 1. The molecular weight excluding hydrogens is 436 g/mol. The van der Waals surface area contributed by atoms with Crippen LogP contribution < -0.4 is 15.1 Å². The van der Waals surface area contributed by atoms with Gasteiger partial charge in [0.05, 0.1) is 18.2 Å². The highest BCUT2D eigenvalue weighted by atomic mass is 79.9. The first-order valence-corrected chi connectivity index (χ1v) is 9.53. The Morgan fingerprint density at radius 3 is 2.38 bits per heavy atom. The van der Waals surface area contributed by atoms with Crippen molar-refractivity contribution in [3.05, 3.63) is 93.3 Å². The molecule has 144 valence electrons. The van der Waals surface area contributed by atoms with E-state index in [-0.39, 0.29) is 0 Å². The third-order valence-electron chi connectivity index (χ3n) is 4.41. The van der Waals surface area contributed by atoms with Gasteiger partial charge in [-0.3, -0.25) is 0 Å². The van der Waals surface area contributed by atoms with E-state index in [9.17, 15) is 9.59 Å². The number of halogens is 1. The Kier molecular flexibility index (Phi) is 5.18. The first-order chi connectivity index (χ1) is 14.0. The zero-order valence-electron chi connectivity index (χ0n) is 15.3. The Balaban J connectivity index is 1.66. The summed E-state index contributed by atoms with van der Waals surface area (Å²) >= 11 is 3.33. The van der Waals surface area contributed by atoms with Gasteiger partial charge in [0.2, 0.25) is 0 Å². The lowest BCUT2D eigenvalue weighted by Gasteiger charge is -2.08. The molecule has 0 atom stereocenters. The van der Waals surface area contributed by atoms with Crippen LogP contribution in [0.25, 0.3) is 22.1 Å². The minimum atomic E-state index is -0.506. The molecule has 0 fully saturated rings. The summed E-state index contributed by atoms with van der Waals surface area (Å²) in [5, 5.41) is 0.719. The van der Waals surface area contributed by atoms with Crippen LogP contribution in [-0.4, -0.2) is 13.1 Å². The molecule has 29 heavy (non-hydrogen) atoms. The normalized spacial score (nSPS) is 10.7. The highest BCUT2D eigenvalue weighted by molar-refractivity contribution is 9.10. The van der Waals surface area contributed by atoms with Crippen LogP contribution in [0, 0.1) is 0 Å². The Morgan fingerprint density at radius 2 is 1.66 bits per heavy atom. The fourth-order valence-electron chi connectivity index (χ4n) is 2.92. The number of rotatable bonds is 4. The molecule has 0 saturated heterocycles. The molecule has 1 aromatic heterocycles. The molecule has 0 bridgehead atoms. The van der Waals surface area contributed by atoms with Crippen LogP contribution in [0.4, 0.5) is 0 Å². The average Bonchev–Trinajstić information content (AvgIpc) is 2.73. The topological polar surface area (TPSA) is 65.7 Å². The maximum Gasteiger partial charge on any atom is 0.344 e. The minimum Gasteiger partial charge on any atom is -0.497 e. The van der Waals surface area contributed by atoms with E-state index in [0.717, 1.165) is 10.9 Å². The van der Waals surface area contributed by atoms with Crippen LogP contribution in [0.3, 0.4) is 0 Å². The highest BCUT2D eigenvalue weighted by Gasteiger charge is 2.14. The fourth-order valence-corrected chi connectivity index (χ4v) is 3.36. The molecule has 3 aromatic carbocycles. The second kappa shape index (κ2) is 7.93. The van der Waals surface area contributed by atoms with Gasteiger partial charge in [0.25, 0.3) is 0 Å². The number of carbonyl (C=O) groups is 1. The third kappa shape index (κ3) is 3.93. The quantitative estimate of drug-likeness (QED) is 0.235. The minimum absolute atomic E-state index is 0.290. The zero-order valence-corrected chi connectivity index (χ0v) is 16.9. The number of esters is 1. The maximum absolute atomic E-state index is 12.5. The predicted octanol–water partition coefficient (Wildman–Crippen LogP) is 5.45. The summed E-state index contributed by atoms with van der Waals surface area (Å²) in [5.41, 5.74) is 1.44. The van der Waals surface area contributed by atoms with Crippen molar-refractivity contribution in [2.24, 2.45) is 0 Å². The maximum atomic E-state index is 12.5.